The molecule has 0 radical (unpaired) electrons. The summed E-state index contributed by atoms with van der Waals surface area (Å²) in [6.07, 6.45) is 3.28. The minimum atomic E-state index is -0.991. The number of rotatable bonds is 3. The van der Waals surface area contributed by atoms with Crippen molar-refractivity contribution < 1.29 is 14.7 Å². The SMILES string of the molecule is CCC1CCCN(C(=O)Nc2cc(C(=O)O)ccc2C)C1. The molecule has 1 aliphatic heterocycles. The number of benzene rings is 1. The molecule has 2 rings (SSSR count). The van der Waals surface area contributed by atoms with Gasteiger partial charge in [-0.3, -0.25) is 0 Å². The molecular formula is C16H22N2O3. The zero-order chi connectivity index (χ0) is 15.4. The topological polar surface area (TPSA) is 69.6 Å². The van der Waals surface area contributed by atoms with Gasteiger partial charge in [0.15, 0.2) is 0 Å². The molecule has 0 bridgehead atoms. The Hall–Kier alpha value is -2.04. The van der Waals surface area contributed by atoms with Crippen molar-refractivity contribution in [2.75, 3.05) is 18.4 Å². The number of amides is 2. The fourth-order valence-electron chi connectivity index (χ4n) is 2.67. The molecule has 1 aromatic rings. The van der Waals surface area contributed by atoms with Gasteiger partial charge in [0, 0.05) is 18.8 Å². The summed E-state index contributed by atoms with van der Waals surface area (Å²) in [5.41, 5.74) is 1.61. The van der Waals surface area contributed by atoms with Crippen molar-refractivity contribution in [3.05, 3.63) is 29.3 Å². The molecule has 1 unspecified atom stereocenters. The van der Waals surface area contributed by atoms with Gasteiger partial charge in [0.1, 0.15) is 0 Å². The minimum absolute atomic E-state index is 0.140. The van der Waals surface area contributed by atoms with Gasteiger partial charge in [0.25, 0.3) is 0 Å². The Balaban J connectivity index is 2.08. The van der Waals surface area contributed by atoms with Crippen molar-refractivity contribution in [3.63, 3.8) is 0 Å². The zero-order valence-electron chi connectivity index (χ0n) is 12.6. The van der Waals surface area contributed by atoms with Crippen molar-refractivity contribution >= 4 is 17.7 Å². The second kappa shape index (κ2) is 6.61. The zero-order valence-corrected chi connectivity index (χ0v) is 12.6. The number of urea groups is 1. The summed E-state index contributed by atoms with van der Waals surface area (Å²) < 4.78 is 0. The first-order valence-corrected chi connectivity index (χ1v) is 7.41. The molecule has 2 amide bonds. The monoisotopic (exact) mass is 290 g/mol. The average Bonchev–Trinajstić information content (AvgIpc) is 2.49. The van der Waals surface area contributed by atoms with Crippen LogP contribution in [-0.4, -0.2) is 35.1 Å². The molecule has 21 heavy (non-hydrogen) atoms. The highest BCUT2D eigenvalue weighted by atomic mass is 16.4. The van der Waals surface area contributed by atoms with Crippen LogP contribution in [0.15, 0.2) is 18.2 Å². The fourth-order valence-corrected chi connectivity index (χ4v) is 2.67. The van der Waals surface area contributed by atoms with Crippen molar-refractivity contribution in [3.8, 4) is 0 Å². The molecule has 5 nitrogen and oxygen atoms in total. The van der Waals surface area contributed by atoms with E-state index in [1.165, 1.54) is 12.5 Å². The normalized spacial score (nSPS) is 18.4. The molecule has 1 aromatic carbocycles. The maximum Gasteiger partial charge on any atom is 0.335 e. The van der Waals surface area contributed by atoms with E-state index >= 15 is 0 Å². The molecule has 1 heterocycles. The van der Waals surface area contributed by atoms with E-state index in [1.54, 1.807) is 12.1 Å². The quantitative estimate of drug-likeness (QED) is 0.897. The van der Waals surface area contributed by atoms with Crippen LogP contribution in [0.25, 0.3) is 0 Å². The van der Waals surface area contributed by atoms with E-state index < -0.39 is 5.97 Å². The Bertz CT molecular complexity index is 542. The lowest BCUT2D eigenvalue weighted by Crippen LogP contribution is -2.42. The van der Waals surface area contributed by atoms with Crippen molar-refractivity contribution in [2.45, 2.75) is 33.1 Å². The molecule has 0 aromatic heterocycles. The van der Waals surface area contributed by atoms with E-state index in [0.29, 0.717) is 11.6 Å². The van der Waals surface area contributed by atoms with E-state index in [2.05, 4.69) is 12.2 Å². The fraction of sp³-hybridized carbons (Fsp3) is 0.500. The van der Waals surface area contributed by atoms with Gasteiger partial charge < -0.3 is 15.3 Å². The van der Waals surface area contributed by atoms with Crippen molar-refractivity contribution in [2.24, 2.45) is 5.92 Å². The Kier molecular flexibility index (Phi) is 4.83. The summed E-state index contributed by atoms with van der Waals surface area (Å²) in [4.78, 5) is 25.2. The highest BCUT2D eigenvalue weighted by Gasteiger charge is 2.23. The van der Waals surface area contributed by atoms with Crippen LogP contribution in [0.3, 0.4) is 0 Å². The van der Waals surface area contributed by atoms with Crippen LogP contribution in [0.1, 0.15) is 42.1 Å². The lowest BCUT2D eigenvalue weighted by atomic mass is 9.96. The highest BCUT2D eigenvalue weighted by Crippen LogP contribution is 2.22. The first-order chi connectivity index (χ1) is 10.0. The highest BCUT2D eigenvalue weighted by molar-refractivity contribution is 5.94. The number of piperidine rings is 1. The Morgan fingerprint density at radius 1 is 1.43 bits per heavy atom. The summed E-state index contributed by atoms with van der Waals surface area (Å²) in [6.45, 7) is 5.54. The summed E-state index contributed by atoms with van der Waals surface area (Å²) in [5.74, 6) is -0.425. The molecule has 0 saturated carbocycles. The van der Waals surface area contributed by atoms with Crippen LogP contribution in [0.2, 0.25) is 0 Å². The average molecular weight is 290 g/mol. The van der Waals surface area contributed by atoms with Crippen LogP contribution < -0.4 is 5.32 Å². The molecule has 5 heteroatoms. The molecule has 1 saturated heterocycles. The molecular weight excluding hydrogens is 268 g/mol. The lowest BCUT2D eigenvalue weighted by Gasteiger charge is -2.32. The van der Waals surface area contributed by atoms with Crippen LogP contribution in [0, 0.1) is 12.8 Å². The van der Waals surface area contributed by atoms with E-state index in [9.17, 15) is 9.59 Å². The van der Waals surface area contributed by atoms with Crippen LogP contribution in [0.4, 0.5) is 10.5 Å². The smallest absolute Gasteiger partial charge is 0.335 e. The van der Waals surface area contributed by atoms with E-state index in [0.717, 1.165) is 31.5 Å². The number of hydrogen-bond donors (Lipinski definition) is 2. The third-order valence-corrected chi connectivity index (χ3v) is 4.11. The Labute approximate surface area is 125 Å². The molecule has 0 spiro atoms. The van der Waals surface area contributed by atoms with Gasteiger partial charge in [-0.2, -0.15) is 0 Å². The van der Waals surface area contributed by atoms with Gasteiger partial charge in [-0.25, -0.2) is 9.59 Å². The maximum atomic E-state index is 12.3. The third-order valence-electron chi connectivity index (χ3n) is 4.11. The predicted octanol–water partition coefficient (Wildman–Crippen LogP) is 3.35. The van der Waals surface area contributed by atoms with Gasteiger partial charge in [-0.1, -0.05) is 19.4 Å². The number of carboxylic acid groups (broad SMARTS) is 1. The number of aromatic carboxylic acids is 1. The van der Waals surface area contributed by atoms with E-state index in [4.69, 9.17) is 5.11 Å². The van der Waals surface area contributed by atoms with Crippen LogP contribution >= 0.6 is 0 Å². The summed E-state index contributed by atoms with van der Waals surface area (Å²) in [7, 11) is 0. The molecule has 114 valence electrons. The molecule has 1 aliphatic rings. The second-order valence-electron chi connectivity index (χ2n) is 5.63. The van der Waals surface area contributed by atoms with Crippen molar-refractivity contribution in [1.82, 2.24) is 4.90 Å². The number of nitrogens with one attached hydrogen (secondary N) is 1. The first-order valence-electron chi connectivity index (χ1n) is 7.41. The van der Waals surface area contributed by atoms with Gasteiger partial charge in [-0.15, -0.1) is 0 Å². The second-order valence-corrected chi connectivity index (χ2v) is 5.63. The number of carbonyl (C=O) groups excluding carboxylic acids is 1. The number of likely N-dealkylation sites (tertiary alicyclic amines) is 1. The standard InChI is InChI=1S/C16H22N2O3/c1-3-12-5-4-8-18(10-12)16(21)17-14-9-13(15(19)20)7-6-11(14)2/h6-7,9,12H,3-5,8,10H2,1-2H3,(H,17,21)(H,19,20). The van der Waals surface area contributed by atoms with E-state index in [-0.39, 0.29) is 11.6 Å². The number of nitrogens with zero attached hydrogens (tertiary/aromatic N) is 1. The number of carbonyl (C=O) groups is 2. The molecule has 1 atom stereocenters. The minimum Gasteiger partial charge on any atom is -0.478 e. The molecule has 1 fully saturated rings. The Morgan fingerprint density at radius 3 is 2.86 bits per heavy atom. The van der Waals surface area contributed by atoms with Crippen LogP contribution in [0.5, 0.6) is 0 Å². The number of hydrogen-bond acceptors (Lipinski definition) is 2. The van der Waals surface area contributed by atoms with Gasteiger partial charge in [0.2, 0.25) is 0 Å². The number of carboxylic acids is 1. The molecule has 0 aliphatic carbocycles. The third kappa shape index (κ3) is 3.74. The predicted molar refractivity (Wildman–Crippen MR) is 81.7 cm³/mol. The largest absolute Gasteiger partial charge is 0.478 e. The Morgan fingerprint density at radius 2 is 2.19 bits per heavy atom. The number of anilines is 1. The van der Waals surface area contributed by atoms with Crippen molar-refractivity contribution in [1.29, 1.82) is 0 Å². The maximum absolute atomic E-state index is 12.3. The van der Waals surface area contributed by atoms with Gasteiger partial charge in [-0.05, 0) is 43.4 Å². The lowest BCUT2D eigenvalue weighted by molar-refractivity contribution is 0.0697. The molecule has 2 N–H and O–H groups in total. The summed E-state index contributed by atoms with van der Waals surface area (Å²) >= 11 is 0. The van der Waals surface area contributed by atoms with Gasteiger partial charge in [0.05, 0.1) is 5.56 Å². The summed E-state index contributed by atoms with van der Waals surface area (Å²) in [6, 6.07) is 4.63. The first kappa shape index (κ1) is 15.4. The summed E-state index contributed by atoms with van der Waals surface area (Å²) in [5, 5.41) is 11.9. The van der Waals surface area contributed by atoms with Crippen LogP contribution in [-0.2, 0) is 0 Å². The van der Waals surface area contributed by atoms with Gasteiger partial charge >= 0.3 is 12.0 Å². The number of aryl methyl sites for hydroxylation is 1. The van der Waals surface area contributed by atoms with E-state index in [1.807, 2.05) is 11.8 Å².